The minimum atomic E-state index is -2.63. The Morgan fingerprint density at radius 3 is 2.27 bits per heavy atom. The summed E-state index contributed by atoms with van der Waals surface area (Å²) in [5, 5.41) is 0. The van der Waals surface area contributed by atoms with Gasteiger partial charge in [-0.2, -0.15) is 8.78 Å². The summed E-state index contributed by atoms with van der Waals surface area (Å²) in [6, 6.07) is 0. The fourth-order valence-electron chi connectivity index (χ4n) is 0.598. The van der Waals surface area contributed by atoms with Crippen molar-refractivity contribution in [3.8, 4) is 0 Å². The standard InChI is InChI=1S/C8H15F2O/c1-6(2)7(3)4-5-11-8(9)10/h6,8H,4-5H2,1-3H3. The second-order valence-electron chi connectivity index (χ2n) is 2.88. The summed E-state index contributed by atoms with van der Waals surface area (Å²) in [4.78, 5) is 0. The van der Waals surface area contributed by atoms with Crippen molar-refractivity contribution in [2.75, 3.05) is 6.61 Å². The first-order chi connectivity index (χ1) is 5.04. The van der Waals surface area contributed by atoms with Crippen molar-refractivity contribution in [1.29, 1.82) is 0 Å². The molecule has 0 saturated heterocycles. The van der Waals surface area contributed by atoms with Crippen LogP contribution in [-0.2, 0) is 4.74 Å². The minimum absolute atomic E-state index is 0.127. The van der Waals surface area contributed by atoms with E-state index in [1.54, 1.807) is 0 Å². The predicted octanol–water partition coefficient (Wildman–Crippen LogP) is 2.87. The molecule has 0 bridgehead atoms. The van der Waals surface area contributed by atoms with E-state index in [4.69, 9.17) is 0 Å². The molecule has 1 radical (unpaired) electrons. The second-order valence-corrected chi connectivity index (χ2v) is 2.88. The summed E-state index contributed by atoms with van der Waals surface area (Å²) in [7, 11) is 0. The molecule has 67 valence electrons. The molecule has 0 aliphatic heterocycles. The van der Waals surface area contributed by atoms with Gasteiger partial charge in [0, 0.05) is 0 Å². The Labute approximate surface area is 66.7 Å². The van der Waals surface area contributed by atoms with E-state index in [9.17, 15) is 8.78 Å². The van der Waals surface area contributed by atoms with Crippen molar-refractivity contribution in [2.45, 2.75) is 33.8 Å². The minimum Gasteiger partial charge on any atom is -0.323 e. The normalized spacial score (nSPS) is 12.0. The van der Waals surface area contributed by atoms with E-state index >= 15 is 0 Å². The molecule has 11 heavy (non-hydrogen) atoms. The summed E-state index contributed by atoms with van der Waals surface area (Å²) in [6.07, 6.45) is 0.627. The zero-order valence-corrected chi connectivity index (χ0v) is 7.23. The summed E-state index contributed by atoms with van der Waals surface area (Å²) in [5.74, 6) is 1.65. The lowest BCUT2D eigenvalue weighted by molar-refractivity contribution is -0.128. The molecule has 0 fully saturated rings. The first-order valence-corrected chi connectivity index (χ1v) is 3.76. The van der Waals surface area contributed by atoms with Crippen LogP contribution in [-0.4, -0.2) is 13.2 Å². The average molecular weight is 165 g/mol. The van der Waals surface area contributed by atoms with Crippen molar-refractivity contribution in [1.82, 2.24) is 0 Å². The number of ether oxygens (including phenoxy) is 1. The van der Waals surface area contributed by atoms with Crippen molar-refractivity contribution in [2.24, 2.45) is 5.92 Å². The first-order valence-electron chi connectivity index (χ1n) is 3.76. The Balaban J connectivity index is 3.24. The largest absolute Gasteiger partial charge is 0.345 e. The molecule has 0 aromatic rings. The SMILES string of the molecule is C[C](CCOC(F)F)C(C)C. The van der Waals surface area contributed by atoms with Gasteiger partial charge in [-0.15, -0.1) is 0 Å². The molecule has 0 amide bonds. The lowest BCUT2D eigenvalue weighted by Gasteiger charge is -2.13. The van der Waals surface area contributed by atoms with Crippen LogP contribution in [0.2, 0.25) is 0 Å². The maximum atomic E-state index is 11.5. The topological polar surface area (TPSA) is 9.23 Å². The van der Waals surface area contributed by atoms with Crippen LogP contribution >= 0.6 is 0 Å². The van der Waals surface area contributed by atoms with Gasteiger partial charge in [-0.3, -0.25) is 0 Å². The van der Waals surface area contributed by atoms with E-state index in [0.717, 1.165) is 0 Å². The highest BCUT2D eigenvalue weighted by atomic mass is 19.3. The van der Waals surface area contributed by atoms with Gasteiger partial charge in [0.15, 0.2) is 0 Å². The zero-order valence-electron chi connectivity index (χ0n) is 7.23. The molecule has 0 atom stereocenters. The second kappa shape index (κ2) is 5.47. The van der Waals surface area contributed by atoms with Crippen LogP contribution in [0.3, 0.4) is 0 Å². The van der Waals surface area contributed by atoms with Crippen molar-refractivity contribution in [3.05, 3.63) is 5.92 Å². The third-order valence-corrected chi connectivity index (χ3v) is 1.73. The molecule has 0 saturated carbocycles. The van der Waals surface area contributed by atoms with E-state index in [0.29, 0.717) is 12.3 Å². The number of rotatable bonds is 5. The Kier molecular flexibility index (Phi) is 5.38. The van der Waals surface area contributed by atoms with Crippen molar-refractivity contribution < 1.29 is 13.5 Å². The number of alkyl halides is 2. The molecule has 0 N–H and O–H groups in total. The molecule has 0 aliphatic rings. The van der Waals surface area contributed by atoms with E-state index in [-0.39, 0.29) is 6.61 Å². The number of hydrogen-bond donors (Lipinski definition) is 0. The monoisotopic (exact) mass is 165 g/mol. The van der Waals surface area contributed by atoms with Gasteiger partial charge in [0.1, 0.15) is 0 Å². The van der Waals surface area contributed by atoms with Gasteiger partial charge in [0.2, 0.25) is 0 Å². The zero-order chi connectivity index (χ0) is 8.85. The molecular weight excluding hydrogens is 150 g/mol. The quantitative estimate of drug-likeness (QED) is 0.608. The molecular formula is C8H15F2O. The molecule has 0 unspecified atom stereocenters. The Hall–Kier alpha value is -0.180. The fourth-order valence-corrected chi connectivity index (χ4v) is 0.598. The number of hydrogen-bond acceptors (Lipinski definition) is 1. The highest BCUT2D eigenvalue weighted by molar-refractivity contribution is 4.86. The van der Waals surface area contributed by atoms with Crippen LogP contribution in [0, 0.1) is 11.8 Å². The summed E-state index contributed by atoms with van der Waals surface area (Å²) in [5.41, 5.74) is 0. The fraction of sp³-hybridized carbons (Fsp3) is 0.875. The Morgan fingerprint density at radius 1 is 1.36 bits per heavy atom. The van der Waals surface area contributed by atoms with E-state index in [2.05, 4.69) is 4.74 Å². The van der Waals surface area contributed by atoms with Gasteiger partial charge >= 0.3 is 6.61 Å². The van der Waals surface area contributed by atoms with Gasteiger partial charge in [-0.25, -0.2) is 0 Å². The molecule has 1 nitrogen and oxygen atoms in total. The molecule has 0 aromatic carbocycles. The maximum Gasteiger partial charge on any atom is 0.345 e. The molecule has 0 spiro atoms. The Morgan fingerprint density at radius 2 is 1.91 bits per heavy atom. The van der Waals surface area contributed by atoms with Crippen molar-refractivity contribution in [3.63, 3.8) is 0 Å². The molecule has 0 aliphatic carbocycles. The van der Waals surface area contributed by atoms with Gasteiger partial charge < -0.3 is 4.74 Å². The van der Waals surface area contributed by atoms with Gasteiger partial charge in [-0.05, 0) is 18.3 Å². The smallest absolute Gasteiger partial charge is 0.323 e. The van der Waals surface area contributed by atoms with Crippen molar-refractivity contribution >= 4 is 0 Å². The molecule has 3 heteroatoms. The molecule has 0 rings (SSSR count). The predicted molar refractivity (Wildman–Crippen MR) is 40.3 cm³/mol. The van der Waals surface area contributed by atoms with E-state index < -0.39 is 6.61 Å². The summed E-state index contributed by atoms with van der Waals surface area (Å²) in [6.45, 7) is 3.53. The highest BCUT2D eigenvalue weighted by Gasteiger charge is 2.08. The molecule has 0 heterocycles. The van der Waals surface area contributed by atoms with Crippen LogP contribution in [0.25, 0.3) is 0 Å². The lowest BCUT2D eigenvalue weighted by atomic mass is 9.95. The van der Waals surface area contributed by atoms with Crippen LogP contribution in [0.1, 0.15) is 27.2 Å². The van der Waals surface area contributed by atoms with E-state index in [1.165, 1.54) is 5.92 Å². The van der Waals surface area contributed by atoms with Crippen LogP contribution in [0.15, 0.2) is 0 Å². The number of halogens is 2. The van der Waals surface area contributed by atoms with Crippen LogP contribution < -0.4 is 0 Å². The van der Waals surface area contributed by atoms with Crippen LogP contribution in [0.5, 0.6) is 0 Å². The van der Waals surface area contributed by atoms with Gasteiger partial charge in [-0.1, -0.05) is 20.8 Å². The lowest BCUT2D eigenvalue weighted by Crippen LogP contribution is -2.08. The van der Waals surface area contributed by atoms with Crippen LogP contribution in [0.4, 0.5) is 8.78 Å². The average Bonchev–Trinajstić information content (AvgIpc) is 1.86. The maximum absolute atomic E-state index is 11.5. The van der Waals surface area contributed by atoms with Gasteiger partial charge in [0.25, 0.3) is 0 Å². The molecule has 0 aromatic heterocycles. The third-order valence-electron chi connectivity index (χ3n) is 1.73. The van der Waals surface area contributed by atoms with E-state index in [1.807, 2.05) is 20.8 Å². The third kappa shape index (κ3) is 6.23. The van der Waals surface area contributed by atoms with Gasteiger partial charge in [0.05, 0.1) is 6.61 Å². The first kappa shape index (κ1) is 10.8. The summed E-state index contributed by atoms with van der Waals surface area (Å²) >= 11 is 0. The Bertz CT molecular complexity index is 94.1. The summed E-state index contributed by atoms with van der Waals surface area (Å²) < 4.78 is 27.0. The highest BCUT2D eigenvalue weighted by Crippen LogP contribution is 2.16.